The SMILES string of the molecule is Fc1ccc(CN2CCC[C@@H]2CN2CCCC2)cc1. The molecule has 2 fully saturated rings. The minimum absolute atomic E-state index is 0.140. The summed E-state index contributed by atoms with van der Waals surface area (Å²) in [6.45, 7) is 5.94. The summed E-state index contributed by atoms with van der Waals surface area (Å²) >= 11 is 0. The maximum atomic E-state index is 12.9. The summed E-state index contributed by atoms with van der Waals surface area (Å²) in [6, 6.07) is 7.67. The zero-order valence-corrected chi connectivity index (χ0v) is 11.5. The molecule has 2 nitrogen and oxygen atoms in total. The fraction of sp³-hybridized carbons (Fsp3) is 0.625. The lowest BCUT2D eigenvalue weighted by Gasteiger charge is -2.28. The van der Waals surface area contributed by atoms with Crippen molar-refractivity contribution in [1.29, 1.82) is 0 Å². The average Bonchev–Trinajstić information content (AvgIpc) is 3.06. The minimum atomic E-state index is -0.140. The number of hydrogen-bond donors (Lipinski definition) is 0. The van der Waals surface area contributed by atoms with Crippen LogP contribution in [0.3, 0.4) is 0 Å². The highest BCUT2D eigenvalue weighted by Gasteiger charge is 2.27. The van der Waals surface area contributed by atoms with E-state index in [0.717, 1.165) is 6.54 Å². The van der Waals surface area contributed by atoms with Gasteiger partial charge in [0.05, 0.1) is 0 Å². The Morgan fingerprint density at radius 1 is 1.00 bits per heavy atom. The molecule has 2 heterocycles. The molecular formula is C16H23FN2. The summed E-state index contributed by atoms with van der Waals surface area (Å²) in [6.07, 6.45) is 5.35. The number of nitrogens with zero attached hydrogens (tertiary/aromatic N) is 2. The molecule has 1 aromatic rings. The zero-order chi connectivity index (χ0) is 13.1. The molecule has 0 saturated carbocycles. The van der Waals surface area contributed by atoms with E-state index in [0.29, 0.717) is 6.04 Å². The Morgan fingerprint density at radius 2 is 1.74 bits per heavy atom. The molecule has 3 rings (SSSR count). The molecule has 2 aliphatic rings. The van der Waals surface area contributed by atoms with Crippen molar-refractivity contribution in [3.63, 3.8) is 0 Å². The van der Waals surface area contributed by atoms with Gasteiger partial charge in [0, 0.05) is 19.1 Å². The van der Waals surface area contributed by atoms with Gasteiger partial charge in [0.2, 0.25) is 0 Å². The lowest BCUT2D eigenvalue weighted by molar-refractivity contribution is 0.185. The van der Waals surface area contributed by atoms with E-state index < -0.39 is 0 Å². The first-order valence-electron chi connectivity index (χ1n) is 7.52. The van der Waals surface area contributed by atoms with Crippen LogP contribution in [0.2, 0.25) is 0 Å². The monoisotopic (exact) mass is 262 g/mol. The lowest BCUT2D eigenvalue weighted by Crippen LogP contribution is -2.38. The third-order valence-electron chi connectivity index (χ3n) is 4.47. The third kappa shape index (κ3) is 3.34. The molecule has 3 heteroatoms. The lowest BCUT2D eigenvalue weighted by atomic mass is 10.1. The highest BCUT2D eigenvalue weighted by Crippen LogP contribution is 2.22. The van der Waals surface area contributed by atoms with Crippen molar-refractivity contribution in [1.82, 2.24) is 9.80 Å². The van der Waals surface area contributed by atoms with E-state index in [1.165, 1.54) is 57.4 Å². The Labute approximate surface area is 115 Å². The topological polar surface area (TPSA) is 6.48 Å². The second-order valence-corrected chi connectivity index (χ2v) is 5.90. The molecule has 0 aliphatic carbocycles. The molecule has 104 valence electrons. The fourth-order valence-corrected chi connectivity index (χ4v) is 3.40. The van der Waals surface area contributed by atoms with Gasteiger partial charge in [0.25, 0.3) is 0 Å². The summed E-state index contributed by atoms with van der Waals surface area (Å²) in [5.74, 6) is -0.140. The van der Waals surface area contributed by atoms with Gasteiger partial charge >= 0.3 is 0 Å². The van der Waals surface area contributed by atoms with Crippen LogP contribution in [0.5, 0.6) is 0 Å². The number of likely N-dealkylation sites (tertiary alicyclic amines) is 2. The number of halogens is 1. The second-order valence-electron chi connectivity index (χ2n) is 5.90. The van der Waals surface area contributed by atoms with E-state index >= 15 is 0 Å². The Kier molecular flexibility index (Phi) is 4.14. The standard InChI is InChI=1S/C16H23FN2/c17-15-7-5-14(6-8-15)12-19-11-3-4-16(19)13-18-9-1-2-10-18/h5-8,16H,1-4,9-13H2/t16-/m1/s1. The average molecular weight is 262 g/mol. The molecule has 2 saturated heterocycles. The van der Waals surface area contributed by atoms with Crippen LogP contribution in [0, 0.1) is 5.82 Å². The van der Waals surface area contributed by atoms with Crippen molar-refractivity contribution in [3.05, 3.63) is 35.6 Å². The summed E-state index contributed by atoms with van der Waals surface area (Å²) in [7, 11) is 0. The van der Waals surface area contributed by atoms with E-state index in [-0.39, 0.29) is 5.82 Å². The van der Waals surface area contributed by atoms with Crippen molar-refractivity contribution in [3.8, 4) is 0 Å². The number of benzene rings is 1. The summed E-state index contributed by atoms with van der Waals surface area (Å²) < 4.78 is 12.9. The summed E-state index contributed by atoms with van der Waals surface area (Å²) in [5, 5.41) is 0. The van der Waals surface area contributed by atoms with Crippen LogP contribution in [-0.4, -0.2) is 42.0 Å². The molecule has 1 atom stereocenters. The smallest absolute Gasteiger partial charge is 0.123 e. The molecule has 2 aliphatic heterocycles. The normalized spacial score (nSPS) is 25.2. The van der Waals surface area contributed by atoms with Crippen molar-refractivity contribution < 1.29 is 4.39 Å². The molecule has 0 radical (unpaired) electrons. The van der Waals surface area contributed by atoms with Gasteiger partial charge in [-0.15, -0.1) is 0 Å². The van der Waals surface area contributed by atoms with E-state index in [1.54, 1.807) is 12.1 Å². The van der Waals surface area contributed by atoms with Crippen LogP contribution in [0.4, 0.5) is 4.39 Å². The van der Waals surface area contributed by atoms with Crippen molar-refractivity contribution >= 4 is 0 Å². The first-order chi connectivity index (χ1) is 9.31. The quantitative estimate of drug-likeness (QED) is 0.823. The Hall–Kier alpha value is -0.930. The van der Waals surface area contributed by atoms with Crippen LogP contribution >= 0.6 is 0 Å². The predicted molar refractivity (Wildman–Crippen MR) is 75.5 cm³/mol. The van der Waals surface area contributed by atoms with Crippen LogP contribution in [-0.2, 0) is 6.54 Å². The number of rotatable bonds is 4. The van der Waals surface area contributed by atoms with Gasteiger partial charge in [-0.2, -0.15) is 0 Å². The highest BCUT2D eigenvalue weighted by molar-refractivity contribution is 5.16. The maximum Gasteiger partial charge on any atom is 0.123 e. The first-order valence-corrected chi connectivity index (χ1v) is 7.52. The van der Waals surface area contributed by atoms with Gasteiger partial charge in [-0.3, -0.25) is 4.90 Å². The van der Waals surface area contributed by atoms with Gasteiger partial charge in [0.1, 0.15) is 5.82 Å². The van der Waals surface area contributed by atoms with Gasteiger partial charge in [0.15, 0.2) is 0 Å². The molecule has 0 unspecified atom stereocenters. The number of hydrogen-bond acceptors (Lipinski definition) is 2. The van der Waals surface area contributed by atoms with Crippen LogP contribution < -0.4 is 0 Å². The molecule has 0 bridgehead atoms. The van der Waals surface area contributed by atoms with Crippen molar-refractivity contribution in [2.24, 2.45) is 0 Å². The second kappa shape index (κ2) is 6.02. The summed E-state index contributed by atoms with van der Waals surface area (Å²) in [4.78, 5) is 5.18. The van der Waals surface area contributed by atoms with E-state index in [1.807, 2.05) is 12.1 Å². The molecule has 19 heavy (non-hydrogen) atoms. The molecule has 1 aromatic carbocycles. The maximum absolute atomic E-state index is 12.9. The Bertz CT molecular complexity index is 398. The first kappa shape index (κ1) is 13.1. The van der Waals surface area contributed by atoms with E-state index in [4.69, 9.17) is 0 Å². The largest absolute Gasteiger partial charge is 0.302 e. The van der Waals surface area contributed by atoms with E-state index in [2.05, 4.69) is 9.80 Å². The molecule has 0 amide bonds. The van der Waals surface area contributed by atoms with Gasteiger partial charge in [-0.05, 0) is 63.0 Å². The molecular weight excluding hydrogens is 239 g/mol. The van der Waals surface area contributed by atoms with Crippen LogP contribution in [0.25, 0.3) is 0 Å². The highest BCUT2D eigenvalue weighted by atomic mass is 19.1. The van der Waals surface area contributed by atoms with Crippen molar-refractivity contribution in [2.45, 2.75) is 38.3 Å². The van der Waals surface area contributed by atoms with Crippen LogP contribution in [0.15, 0.2) is 24.3 Å². The van der Waals surface area contributed by atoms with Gasteiger partial charge in [-0.1, -0.05) is 12.1 Å². The third-order valence-corrected chi connectivity index (χ3v) is 4.47. The summed E-state index contributed by atoms with van der Waals surface area (Å²) in [5.41, 5.74) is 1.23. The molecule has 0 aromatic heterocycles. The molecule has 0 N–H and O–H groups in total. The predicted octanol–water partition coefficient (Wildman–Crippen LogP) is 2.89. The van der Waals surface area contributed by atoms with Crippen LogP contribution in [0.1, 0.15) is 31.2 Å². The zero-order valence-electron chi connectivity index (χ0n) is 11.5. The van der Waals surface area contributed by atoms with Gasteiger partial charge in [-0.25, -0.2) is 4.39 Å². The van der Waals surface area contributed by atoms with E-state index in [9.17, 15) is 4.39 Å². The van der Waals surface area contributed by atoms with Crippen molar-refractivity contribution in [2.75, 3.05) is 26.2 Å². The fourth-order valence-electron chi connectivity index (χ4n) is 3.40. The van der Waals surface area contributed by atoms with Gasteiger partial charge < -0.3 is 4.90 Å². The minimum Gasteiger partial charge on any atom is -0.302 e. The Morgan fingerprint density at radius 3 is 2.47 bits per heavy atom. The molecule has 0 spiro atoms. The Balaban J connectivity index is 1.57.